The van der Waals surface area contributed by atoms with Crippen molar-refractivity contribution < 1.29 is 9.53 Å². The zero-order valence-corrected chi connectivity index (χ0v) is 15.1. The molecule has 2 heterocycles. The van der Waals surface area contributed by atoms with E-state index >= 15 is 0 Å². The summed E-state index contributed by atoms with van der Waals surface area (Å²) in [7, 11) is 5.66. The lowest BCUT2D eigenvalue weighted by Gasteiger charge is -2.37. The third-order valence-electron chi connectivity index (χ3n) is 4.64. The molecular weight excluding hydrogens is 292 g/mol. The molecule has 6 nitrogen and oxygen atoms in total. The topological polar surface area (TPSA) is 50.6 Å². The highest BCUT2D eigenvalue weighted by Crippen LogP contribution is 2.20. The van der Waals surface area contributed by atoms with Crippen LogP contribution >= 0.6 is 0 Å². The van der Waals surface area contributed by atoms with E-state index in [4.69, 9.17) is 4.74 Å². The summed E-state index contributed by atoms with van der Waals surface area (Å²) >= 11 is 0. The lowest BCUT2D eigenvalue weighted by molar-refractivity contribution is 0.0495. The number of nitrogens with zero attached hydrogens (tertiary/aromatic N) is 4. The van der Waals surface area contributed by atoms with Crippen molar-refractivity contribution in [3.05, 3.63) is 17.5 Å². The van der Waals surface area contributed by atoms with Crippen LogP contribution in [0.3, 0.4) is 0 Å². The molecule has 0 radical (unpaired) electrons. The normalized spacial score (nSPS) is 17.0. The minimum Gasteiger partial charge on any atom is -0.383 e. The standard InChI is InChI=1S/C17H30N4O2/c1-13(2)15-12-16(20(4)18-15)17(22)21(10-11-23-5)14-6-8-19(3)9-7-14/h12-14H,6-11H2,1-5H3. The third kappa shape index (κ3) is 4.32. The third-order valence-corrected chi connectivity index (χ3v) is 4.64. The Morgan fingerprint density at radius 2 is 2.04 bits per heavy atom. The SMILES string of the molecule is COCCN(C(=O)c1cc(C(C)C)nn1C)C1CCN(C)CC1. The van der Waals surface area contributed by atoms with E-state index in [-0.39, 0.29) is 11.9 Å². The fraction of sp³-hybridized carbons (Fsp3) is 0.765. The first-order valence-electron chi connectivity index (χ1n) is 8.46. The maximum atomic E-state index is 13.1. The number of hydrogen-bond donors (Lipinski definition) is 0. The van der Waals surface area contributed by atoms with E-state index in [1.54, 1.807) is 11.8 Å². The van der Waals surface area contributed by atoms with Crippen molar-refractivity contribution in [3.8, 4) is 0 Å². The number of rotatable bonds is 6. The van der Waals surface area contributed by atoms with Gasteiger partial charge in [-0.15, -0.1) is 0 Å². The molecule has 23 heavy (non-hydrogen) atoms. The van der Waals surface area contributed by atoms with Crippen LogP contribution in [0.15, 0.2) is 6.07 Å². The van der Waals surface area contributed by atoms with E-state index in [0.29, 0.717) is 24.8 Å². The van der Waals surface area contributed by atoms with E-state index in [0.717, 1.165) is 31.6 Å². The second-order valence-electron chi connectivity index (χ2n) is 6.76. The van der Waals surface area contributed by atoms with Crippen LogP contribution in [0.25, 0.3) is 0 Å². The van der Waals surface area contributed by atoms with Crippen molar-refractivity contribution in [2.45, 2.75) is 38.6 Å². The minimum atomic E-state index is 0.0681. The highest BCUT2D eigenvalue weighted by molar-refractivity contribution is 5.93. The Hall–Kier alpha value is -1.40. The van der Waals surface area contributed by atoms with Crippen LogP contribution in [0.5, 0.6) is 0 Å². The van der Waals surface area contributed by atoms with Gasteiger partial charge in [0, 0.05) is 26.7 Å². The van der Waals surface area contributed by atoms with Gasteiger partial charge in [0.2, 0.25) is 0 Å². The summed E-state index contributed by atoms with van der Waals surface area (Å²) in [5, 5.41) is 4.48. The molecule has 1 aromatic rings. The zero-order valence-electron chi connectivity index (χ0n) is 15.1. The van der Waals surface area contributed by atoms with Crippen molar-refractivity contribution in [2.24, 2.45) is 7.05 Å². The number of methoxy groups -OCH3 is 1. The predicted molar refractivity (Wildman–Crippen MR) is 90.7 cm³/mol. The largest absolute Gasteiger partial charge is 0.383 e. The molecule has 0 unspecified atom stereocenters. The van der Waals surface area contributed by atoms with Crippen LogP contribution in [0.4, 0.5) is 0 Å². The molecule has 0 aromatic carbocycles. The molecule has 1 amide bonds. The number of aryl methyl sites for hydroxylation is 1. The molecule has 0 saturated carbocycles. The monoisotopic (exact) mass is 322 g/mol. The van der Waals surface area contributed by atoms with Gasteiger partial charge in [0.05, 0.1) is 12.3 Å². The van der Waals surface area contributed by atoms with E-state index in [9.17, 15) is 4.79 Å². The Morgan fingerprint density at radius 3 is 2.57 bits per heavy atom. The van der Waals surface area contributed by atoms with Crippen molar-refractivity contribution >= 4 is 5.91 Å². The first-order valence-corrected chi connectivity index (χ1v) is 8.46. The van der Waals surface area contributed by atoms with E-state index < -0.39 is 0 Å². The van der Waals surface area contributed by atoms with Gasteiger partial charge in [-0.25, -0.2) is 0 Å². The van der Waals surface area contributed by atoms with E-state index in [1.165, 1.54) is 0 Å². The maximum absolute atomic E-state index is 13.1. The van der Waals surface area contributed by atoms with Crippen LogP contribution in [0.2, 0.25) is 0 Å². The maximum Gasteiger partial charge on any atom is 0.272 e. The van der Waals surface area contributed by atoms with Crippen molar-refractivity contribution in [3.63, 3.8) is 0 Å². The van der Waals surface area contributed by atoms with Crippen LogP contribution in [-0.2, 0) is 11.8 Å². The molecule has 0 atom stereocenters. The molecule has 0 N–H and O–H groups in total. The number of piperidine rings is 1. The number of carbonyl (C=O) groups excluding carboxylic acids is 1. The number of amides is 1. The number of aromatic nitrogens is 2. The van der Waals surface area contributed by atoms with Crippen LogP contribution in [-0.4, -0.2) is 71.9 Å². The van der Waals surface area contributed by atoms with E-state index in [2.05, 4.69) is 30.9 Å². The van der Waals surface area contributed by atoms with Crippen molar-refractivity contribution in [2.75, 3.05) is 40.4 Å². The Labute approximate surface area is 139 Å². The number of hydrogen-bond acceptors (Lipinski definition) is 4. The molecular formula is C17H30N4O2. The summed E-state index contributed by atoms with van der Waals surface area (Å²) in [5.41, 5.74) is 1.63. The molecule has 6 heteroatoms. The Kier molecular flexibility index (Phi) is 6.18. The average molecular weight is 322 g/mol. The van der Waals surface area contributed by atoms with Crippen LogP contribution < -0.4 is 0 Å². The second kappa shape index (κ2) is 7.93. The molecule has 130 valence electrons. The first kappa shape index (κ1) is 17.9. The average Bonchev–Trinajstić information content (AvgIpc) is 2.91. The van der Waals surface area contributed by atoms with Crippen molar-refractivity contribution in [1.82, 2.24) is 19.6 Å². The lowest BCUT2D eigenvalue weighted by atomic mass is 10.0. The fourth-order valence-electron chi connectivity index (χ4n) is 3.07. The van der Waals surface area contributed by atoms with E-state index in [1.807, 2.05) is 18.0 Å². The zero-order chi connectivity index (χ0) is 17.0. The van der Waals surface area contributed by atoms with Gasteiger partial charge in [0.15, 0.2) is 0 Å². The molecule has 2 rings (SSSR count). The molecule has 0 aliphatic carbocycles. The molecule has 1 fully saturated rings. The number of ether oxygens (including phenoxy) is 1. The summed E-state index contributed by atoms with van der Waals surface area (Å²) < 4.78 is 6.93. The number of carbonyl (C=O) groups is 1. The Balaban J connectivity index is 2.19. The Morgan fingerprint density at radius 1 is 1.39 bits per heavy atom. The predicted octanol–water partition coefficient (Wildman–Crippen LogP) is 1.73. The molecule has 0 spiro atoms. The van der Waals surface area contributed by atoms with Crippen LogP contribution in [0.1, 0.15) is 48.8 Å². The van der Waals surface area contributed by atoms with Gasteiger partial charge in [-0.3, -0.25) is 9.48 Å². The minimum absolute atomic E-state index is 0.0681. The second-order valence-corrected chi connectivity index (χ2v) is 6.76. The Bertz CT molecular complexity index is 519. The quantitative estimate of drug-likeness (QED) is 0.800. The first-order chi connectivity index (χ1) is 10.9. The molecule has 1 aliphatic rings. The van der Waals surface area contributed by atoms with Gasteiger partial charge in [-0.1, -0.05) is 13.8 Å². The molecule has 0 bridgehead atoms. The molecule has 1 aliphatic heterocycles. The summed E-state index contributed by atoms with van der Waals surface area (Å²) in [6.45, 7) is 7.44. The highest BCUT2D eigenvalue weighted by atomic mass is 16.5. The van der Waals surface area contributed by atoms with Gasteiger partial charge in [0.25, 0.3) is 5.91 Å². The summed E-state index contributed by atoms with van der Waals surface area (Å²) in [4.78, 5) is 17.4. The van der Waals surface area contributed by atoms with Gasteiger partial charge in [-0.2, -0.15) is 5.10 Å². The summed E-state index contributed by atoms with van der Waals surface area (Å²) in [6, 6.07) is 2.22. The molecule has 1 aromatic heterocycles. The smallest absolute Gasteiger partial charge is 0.272 e. The molecule has 1 saturated heterocycles. The summed E-state index contributed by atoms with van der Waals surface area (Å²) in [5.74, 6) is 0.386. The van der Waals surface area contributed by atoms with Gasteiger partial charge >= 0.3 is 0 Å². The summed E-state index contributed by atoms with van der Waals surface area (Å²) in [6.07, 6.45) is 2.03. The highest BCUT2D eigenvalue weighted by Gasteiger charge is 2.29. The lowest BCUT2D eigenvalue weighted by Crippen LogP contribution is -2.48. The van der Waals surface area contributed by atoms with Gasteiger partial charge in [-0.05, 0) is 45.0 Å². The number of likely N-dealkylation sites (tertiary alicyclic amines) is 1. The van der Waals surface area contributed by atoms with Gasteiger partial charge in [0.1, 0.15) is 5.69 Å². The van der Waals surface area contributed by atoms with Crippen molar-refractivity contribution in [1.29, 1.82) is 0 Å². The van der Waals surface area contributed by atoms with Gasteiger partial charge < -0.3 is 14.5 Å². The van der Waals surface area contributed by atoms with Crippen LogP contribution in [0, 0.1) is 0 Å². The fourth-order valence-corrected chi connectivity index (χ4v) is 3.07.